The Morgan fingerprint density at radius 1 is 1.19 bits per heavy atom. The lowest BCUT2D eigenvalue weighted by atomic mass is 10.2. The van der Waals surface area contributed by atoms with Gasteiger partial charge in [-0.05, 0) is 36.4 Å². The number of nitrogens with zero attached hydrogens (tertiary/aromatic N) is 1. The fourth-order valence-electron chi connectivity index (χ4n) is 2.59. The second kappa shape index (κ2) is 8.96. The number of ether oxygens (including phenoxy) is 1. The molecule has 0 aliphatic carbocycles. The third-order valence-electron chi connectivity index (χ3n) is 3.88. The topological polar surface area (TPSA) is 58.6 Å². The number of thioether (sulfide) groups is 1. The monoisotopic (exact) mass is 390 g/mol. The van der Waals surface area contributed by atoms with Gasteiger partial charge < -0.3 is 15.0 Å². The smallest absolute Gasteiger partial charge is 0.265 e. The number of anilines is 1. The van der Waals surface area contributed by atoms with E-state index in [0.29, 0.717) is 23.9 Å². The number of carbonyl (C=O) groups excluding carboxylic acids is 2. The van der Waals surface area contributed by atoms with Crippen LogP contribution in [0.15, 0.2) is 53.4 Å². The van der Waals surface area contributed by atoms with Gasteiger partial charge in [0.2, 0.25) is 5.91 Å². The summed E-state index contributed by atoms with van der Waals surface area (Å²) < 4.78 is 5.40. The van der Waals surface area contributed by atoms with Crippen molar-refractivity contribution in [3.63, 3.8) is 0 Å². The first-order valence-electron chi connectivity index (χ1n) is 8.31. The lowest BCUT2D eigenvalue weighted by Gasteiger charge is -2.29. The van der Waals surface area contributed by atoms with E-state index in [0.717, 1.165) is 16.3 Å². The molecule has 1 aliphatic heterocycles. The molecule has 0 bridgehead atoms. The number of hydrogen-bond donors (Lipinski definition) is 1. The molecule has 0 atom stereocenters. The van der Waals surface area contributed by atoms with Crippen LogP contribution < -0.4 is 15.0 Å². The van der Waals surface area contributed by atoms with E-state index in [1.165, 1.54) is 0 Å². The molecule has 136 valence electrons. The summed E-state index contributed by atoms with van der Waals surface area (Å²) >= 11 is 7.51. The molecule has 2 aromatic rings. The first kappa shape index (κ1) is 18.6. The molecule has 2 amide bonds. The lowest BCUT2D eigenvalue weighted by molar-refractivity contribution is -0.122. The zero-order chi connectivity index (χ0) is 18.4. The van der Waals surface area contributed by atoms with Gasteiger partial charge in [-0.3, -0.25) is 9.59 Å². The molecule has 0 fully saturated rings. The number of hydrogen-bond acceptors (Lipinski definition) is 4. The second-order valence-electron chi connectivity index (χ2n) is 5.70. The van der Waals surface area contributed by atoms with Gasteiger partial charge in [0.1, 0.15) is 5.75 Å². The summed E-state index contributed by atoms with van der Waals surface area (Å²) in [5.41, 5.74) is 0.717. The summed E-state index contributed by atoms with van der Waals surface area (Å²) in [6.45, 7) is 0.922. The molecule has 1 aliphatic rings. The highest BCUT2D eigenvalue weighted by Gasteiger charge is 2.25. The van der Waals surface area contributed by atoms with Gasteiger partial charge in [-0.2, -0.15) is 0 Å². The molecule has 5 nitrogen and oxygen atoms in total. The van der Waals surface area contributed by atoms with Crippen LogP contribution in [-0.4, -0.2) is 37.3 Å². The first-order valence-corrected chi connectivity index (χ1v) is 9.67. The quantitative estimate of drug-likeness (QED) is 0.581. The highest BCUT2D eigenvalue weighted by Crippen LogP contribution is 2.31. The Labute approximate surface area is 161 Å². The molecule has 0 unspecified atom stereocenters. The van der Waals surface area contributed by atoms with E-state index in [9.17, 15) is 9.59 Å². The van der Waals surface area contributed by atoms with Crippen LogP contribution in [0.1, 0.15) is 6.42 Å². The van der Waals surface area contributed by atoms with Gasteiger partial charge in [-0.1, -0.05) is 23.7 Å². The Morgan fingerprint density at radius 3 is 2.77 bits per heavy atom. The molecule has 0 saturated carbocycles. The largest absolute Gasteiger partial charge is 0.482 e. The number of halogens is 1. The third-order valence-corrected chi connectivity index (χ3v) is 5.14. The zero-order valence-electron chi connectivity index (χ0n) is 14.1. The van der Waals surface area contributed by atoms with Crippen LogP contribution in [0, 0.1) is 0 Å². The number of rotatable bonds is 7. The molecule has 0 aromatic heterocycles. The predicted molar refractivity (Wildman–Crippen MR) is 104 cm³/mol. The predicted octanol–water partition coefficient (Wildman–Crippen LogP) is 3.36. The molecule has 3 rings (SSSR count). The van der Waals surface area contributed by atoms with Crippen LogP contribution in [0.2, 0.25) is 5.02 Å². The van der Waals surface area contributed by atoms with E-state index in [1.807, 2.05) is 48.5 Å². The number of carbonyl (C=O) groups is 2. The van der Waals surface area contributed by atoms with E-state index in [2.05, 4.69) is 5.32 Å². The van der Waals surface area contributed by atoms with Gasteiger partial charge in [-0.25, -0.2) is 0 Å². The fraction of sp³-hybridized carbons (Fsp3) is 0.263. The Kier molecular flexibility index (Phi) is 6.41. The average molecular weight is 391 g/mol. The second-order valence-corrected chi connectivity index (χ2v) is 7.31. The Balaban J connectivity index is 1.41. The van der Waals surface area contributed by atoms with Gasteiger partial charge >= 0.3 is 0 Å². The van der Waals surface area contributed by atoms with Crippen LogP contribution >= 0.6 is 23.4 Å². The maximum atomic E-state index is 12.1. The highest BCUT2D eigenvalue weighted by molar-refractivity contribution is 7.99. The summed E-state index contributed by atoms with van der Waals surface area (Å²) in [6, 6.07) is 15.0. The minimum Gasteiger partial charge on any atom is -0.482 e. The van der Waals surface area contributed by atoms with E-state index in [1.54, 1.807) is 16.7 Å². The van der Waals surface area contributed by atoms with Crippen molar-refractivity contribution in [2.24, 2.45) is 0 Å². The lowest BCUT2D eigenvalue weighted by Crippen LogP contribution is -2.41. The molecule has 26 heavy (non-hydrogen) atoms. The van der Waals surface area contributed by atoms with Crippen LogP contribution in [-0.2, 0) is 9.59 Å². The van der Waals surface area contributed by atoms with Crippen molar-refractivity contribution < 1.29 is 14.3 Å². The maximum Gasteiger partial charge on any atom is 0.265 e. The van der Waals surface area contributed by atoms with Crippen molar-refractivity contribution in [3.05, 3.63) is 53.6 Å². The van der Waals surface area contributed by atoms with Crippen molar-refractivity contribution in [1.82, 2.24) is 5.32 Å². The number of benzene rings is 2. The number of fused-ring (bicyclic) bond motifs is 1. The van der Waals surface area contributed by atoms with Crippen LogP contribution in [0.3, 0.4) is 0 Å². The van der Waals surface area contributed by atoms with Crippen molar-refractivity contribution in [2.75, 3.05) is 30.3 Å². The molecule has 0 radical (unpaired) electrons. The Hall–Kier alpha value is -2.18. The summed E-state index contributed by atoms with van der Waals surface area (Å²) in [5.74, 6) is 1.24. The molecule has 1 N–H and O–H groups in total. The maximum absolute atomic E-state index is 12.1. The van der Waals surface area contributed by atoms with Crippen molar-refractivity contribution in [2.45, 2.75) is 11.3 Å². The van der Waals surface area contributed by atoms with Gasteiger partial charge in [0.05, 0.1) is 5.69 Å². The van der Waals surface area contributed by atoms with Crippen LogP contribution in [0.4, 0.5) is 5.69 Å². The Bertz CT molecular complexity index is 783. The first-order chi connectivity index (χ1) is 12.6. The molecule has 0 spiro atoms. The molecule has 7 heteroatoms. The summed E-state index contributed by atoms with van der Waals surface area (Å²) in [6.07, 6.45) is 0.256. The summed E-state index contributed by atoms with van der Waals surface area (Å²) in [7, 11) is 0. The molecule has 0 saturated heterocycles. The average Bonchev–Trinajstić information content (AvgIpc) is 2.66. The fourth-order valence-corrected chi connectivity index (χ4v) is 3.49. The van der Waals surface area contributed by atoms with Gasteiger partial charge in [0.25, 0.3) is 5.91 Å². The van der Waals surface area contributed by atoms with Gasteiger partial charge in [-0.15, -0.1) is 11.8 Å². The number of amides is 2. The van der Waals surface area contributed by atoms with Crippen LogP contribution in [0.25, 0.3) is 0 Å². The van der Waals surface area contributed by atoms with E-state index in [4.69, 9.17) is 16.3 Å². The highest BCUT2D eigenvalue weighted by atomic mass is 35.5. The minimum absolute atomic E-state index is 0.0103. The molecule has 1 heterocycles. The van der Waals surface area contributed by atoms with Gasteiger partial charge in [0, 0.05) is 35.2 Å². The SMILES string of the molecule is O=C(CCN1C(=O)COc2ccccc21)NCCSc1ccc(Cl)cc1. The van der Waals surface area contributed by atoms with Crippen molar-refractivity contribution in [1.29, 1.82) is 0 Å². The Morgan fingerprint density at radius 2 is 1.96 bits per heavy atom. The van der Waals surface area contributed by atoms with Gasteiger partial charge in [0.15, 0.2) is 6.61 Å². The number of para-hydroxylation sites is 2. The summed E-state index contributed by atoms with van der Waals surface area (Å²) in [4.78, 5) is 26.8. The molecular weight excluding hydrogens is 372 g/mol. The summed E-state index contributed by atoms with van der Waals surface area (Å²) in [5, 5.41) is 3.60. The van der Waals surface area contributed by atoms with E-state index >= 15 is 0 Å². The van der Waals surface area contributed by atoms with Crippen molar-refractivity contribution >= 4 is 40.9 Å². The van der Waals surface area contributed by atoms with Crippen LogP contribution in [0.5, 0.6) is 5.75 Å². The third kappa shape index (κ3) is 4.93. The van der Waals surface area contributed by atoms with Crippen molar-refractivity contribution in [3.8, 4) is 5.75 Å². The minimum atomic E-state index is -0.130. The van der Waals surface area contributed by atoms with E-state index < -0.39 is 0 Å². The standard InChI is InChI=1S/C19H19ClN2O3S/c20-14-5-7-15(8-6-14)26-12-10-21-18(23)9-11-22-16-3-1-2-4-17(16)25-13-19(22)24/h1-8H,9-13H2,(H,21,23). The number of nitrogens with one attached hydrogen (secondary N) is 1. The normalized spacial score (nSPS) is 13.1. The molecule has 2 aromatic carbocycles. The van der Waals surface area contributed by atoms with E-state index in [-0.39, 0.29) is 24.8 Å². The molecular formula is C19H19ClN2O3S. The zero-order valence-corrected chi connectivity index (χ0v) is 15.7.